The summed E-state index contributed by atoms with van der Waals surface area (Å²) in [7, 11) is 0. The van der Waals surface area contributed by atoms with Gasteiger partial charge in [0.1, 0.15) is 0 Å². The standard InChI is InChI=1S/C15H27N3/c1-3-4-11-16-15-17-13(2)12-18(15)14-9-7-5-6-8-10-14/h12,14H,3-11H2,1-2H3,(H,16,17). The van der Waals surface area contributed by atoms with E-state index >= 15 is 0 Å². The minimum absolute atomic E-state index is 0.665. The quantitative estimate of drug-likeness (QED) is 0.623. The van der Waals surface area contributed by atoms with Crippen LogP contribution in [0.4, 0.5) is 5.95 Å². The molecule has 1 N–H and O–H groups in total. The summed E-state index contributed by atoms with van der Waals surface area (Å²) in [5.74, 6) is 1.09. The molecule has 0 unspecified atom stereocenters. The number of imidazole rings is 1. The first-order chi connectivity index (χ1) is 8.81. The number of aromatic nitrogens is 2. The molecule has 1 saturated carbocycles. The number of nitrogens with one attached hydrogen (secondary N) is 1. The van der Waals surface area contributed by atoms with E-state index in [0.29, 0.717) is 6.04 Å². The molecule has 1 aliphatic rings. The molecule has 0 spiro atoms. The van der Waals surface area contributed by atoms with Crippen molar-refractivity contribution in [1.82, 2.24) is 9.55 Å². The molecule has 3 heteroatoms. The van der Waals surface area contributed by atoms with Gasteiger partial charge < -0.3 is 9.88 Å². The van der Waals surface area contributed by atoms with Gasteiger partial charge in [0, 0.05) is 18.8 Å². The second-order valence-electron chi connectivity index (χ2n) is 5.54. The Morgan fingerprint density at radius 3 is 2.67 bits per heavy atom. The summed E-state index contributed by atoms with van der Waals surface area (Å²) in [6.07, 6.45) is 12.9. The van der Waals surface area contributed by atoms with Crippen molar-refractivity contribution < 1.29 is 0 Å². The molecule has 1 heterocycles. The molecule has 1 fully saturated rings. The van der Waals surface area contributed by atoms with Crippen LogP contribution in [0.1, 0.15) is 70.0 Å². The van der Waals surface area contributed by atoms with E-state index in [2.05, 4.69) is 34.9 Å². The Hall–Kier alpha value is -0.990. The molecular weight excluding hydrogens is 222 g/mol. The highest BCUT2D eigenvalue weighted by atomic mass is 15.2. The molecule has 2 rings (SSSR count). The monoisotopic (exact) mass is 249 g/mol. The lowest BCUT2D eigenvalue weighted by atomic mass is 10.1. The Kier molecular flexibility index (Phi) is 5.09. The van der Waals surface area contributed by atoms with Crippen LogP contribution in [0.15, 0.2) is 6.20 Å². The van der Waals surface area contributed by atoms with Crippen molar-refractivity contribution in [3.63, 3.8) is 0 Å². The molecular formula is C15H27N3. The third-order valence-corrected chi connectivity index (χ3v) is 3.88. The number of aryl methyl sites for hydroxylation is 1. The fourth-order valence-corrected chi connectivity index (χ4v) is 2.84. The van der Waals surface area contributed by atoms with Gasteiger partial charge in [-0.15, -0.1) is 0 Å². The Labute approximate surface area is 111 Å². The number of hydrogen-bond acceptors (Lipinski definition) is 2. The zero-order valence-electron chi connectivity index (χ0n) is 11.9. The van der Waals surface area contributed by atoms with Gasteiger partial charge in [0.2, 0.25) is 5.95 Å². The predicted octanol–water partition coefficient (Wildman–Crippen LogP) is 4.30. The zero-order valence-corrected chi connectivity index (χ0v) is 11.9. The van der Waals surface area contributed by atoms with Crippen LogP contribution in [0, 0.1) is 6.92 Å². The molecule has 0 saturated heterocycles. The Morgan fingerprint density at radius 2 is 2.00 bits per heavy atom. The normalized spacial score (nSPS) is 17.7. The zero-order chi connectivity index (χ0) is 12.8. The van der Waals surface area contributed by atoms with Crippen LogP contribution in [0.2, 0.25) is 0 Å². The molecule has 1 aliphatic carbocycles. The van der Waals surface area contributed by atoms with E-state index in [9.17, 15) is 0 Å². The number of hydrogen-bond donors (Lipinski definition) is 1. The third-order valence-electron chi connectivity index (χ3n) is 3.88. The largest absolute Gasteiger partial charge is 0.356 e. The van der Waals surface area contributed by atoms with Gasteiger partial charge in [-0.2, -0.15) is 0 Å². The first-order valence-electron chi connectivity index (χ1n) is 7.60. The van der Waals surface area contributed by atoms with Crippen LogP contribution in [0.5, 0.6) is 0 Å². The SMILES string of the molecule is CCCCNc1nc(C)cn1C1CCCCCC1. The average molecular weight is 249 g/mol. The topological polar surface area (TPSA) is 29.9 Å². The van der Waals surface area contributed by atoms with Crippen molar-refractivity contribution in [2.24, 2.45) is 0 Å². The van der Waals surface area contributed by atoms with Gasteiger partial charge >= 0.3 is 0 Å². The number of rotatable bonds is 5. The molecule has 1 aromatic heterocycles. The molecule has 0 atom stereocenters. The highest BCUT2D eigenvalue weighted by Crippen LogP contribution is 2.29. The van der Waals surface area contributed by atoms with E-state index in [4.69, 9.17) is 0 Å². The Bertz CT molecular complexity index is 349. The van der Waals surface area contributed by atoms with E-state index in [1.54, 1.807) is 0 Å². The van der Waals surface area contributed by atoms with Gasteiger partial charge in [-0.1, -0.05) is 39.0 Å². The van der Waals surface area contributed by atoms with E-state index < -0.39 is 0 Å². The van der Waals surface area contributed by atoms with Crippen molar-refractivity contribution >= 4 is 5.95 Å². The highest BCUT2D eigenvalue weighted by molar-refractivity contribution is 5.29. The second kappa shape index (κ2) is 6.81. The predicted molar refractivity (Wildman–Crippen MR) is 77.1 cm³/mol. The molecule has 1 aromatic rings. The number of anilines is 1. The molecule has 102 valence electrons. The summed E-state index contributed by atoms with van der Waals surface area (Å²) in [5, 5.41) is 3.50. The third kappa shape index (κ3) is 3.50. The summed E-state index contributed by atoms with van der Waals surface area (Å²) >= 11 is 0. The summed E-state index contributed by atoms with van der Waals surface area (Å²) in [6.45, 7) is 5.36. The van der Waals surface area contributed by atoms with Crippen molar-refractivity contribution in [3.05, 3.63) is 11.9 Å². The molecule has 18 heavy (non-hydrogen) atoms. The lowest BCUT2D eigenvalue weighted by molar-refractivity contribution is 0.447. The summed E-state index contributed by atoms with van der Waals surface area (Å²) in [6, 6.07) is 0.665. The molecule has 3 nitrogen and oxygen atoms in total. The van der Waals surface area contributed by atoms with Crippen LogP contribution < -0.4 is 5.32 Å². The van der Waals surface area contributed by atoms with Crippen molar-refractivity contribution in [3.8, 4) is 0 Å². The van der Waals surface area contributed by atoms with E-state index in [-0.39, 0.29) is 0 Å². The maximum atomic E-state index is 4.64. The van der Waals surface area contributed by atoms with Gasteiger partial charge in [0.25, 0.3) is 0 Å². The van der Waals surface area contributed by atoms with E-state index in [1.165, 1.54) is 51.4 Å². The molecule has 0 bridgehead atoms. The smallest absolute Gasteiger partial charge is 0.203 e. The fraction of sp³-hybridized carbons (Fsp3) is 0.800. The summed E-state index contributed by atoms with van der Waals surface area (Å²) in [4.78, 5) is 4.64. The van der Waals surface area contributed by atoms with Crippen molar-refractivity contribution in [1.29, 1.82) is 0 Å². The Balaban J connectivity index is 2.04. The van der Waals surface area contributed by atoms with Crippen LogP contribution in [-0.4, -0.2) is 16.1 Å². The highest BCUT2D eigenvalue weighted by Gasteiger charge is 2.17. The van der Waals surface area contributed by atoms with Crippen LogP contribution in [-0.2, 0) is 0 Å². The maximum absolute atomic E-state index is 4.64. The summed E-state index contributed by atoms with van der Waals surface area (Å²) < 4.78 is 2.40. The van der Waals surface area contributed by atoms with Gasteiger partial charge in [-0.05, 0) is 26.2 Å². The summed E-state index contributed by atoms with van der Waals surface area (Å²) in [5.41, 5.74) is 1.14. The van der Waals surface area contributed by atoms with Gasteiger partial charge in [0.15, 0.2) is 0 Å². The van der Waals surface area contributed by atoms with Crippen LogP contribution >= 0.6 is 0 Å². The van der Waals surface area contributed by atoms with Crippen LogP contribution in [0.25, 0.3) is 0 Å². The fourth-order valence-electron chi connectivity index (χ4n) is 2.84. The molecule has 0 aromatic carbocycles. The van der Waals surface area contributed by atoms with Gasteiger partial charge in [0.05, 0.1) is 5.69 Å². The lowest BCUT2D eigenvalue weighted by Gasteiger charge is -2.19. The molecule has 0 aliphatic heterocycles. The number of unbranched alkanes of at least 4 members (excludes halogenated alkanes) is 1. The first kappa shape index (κ1) is 13.4. The van der Waals surface area contributed by atoms with Crippen LogP contribution in [0.3, 0.4) is 0 Å². The van der Waals surface area contributed by atoms with E-state index in [1.807, 2.05) is 0 Å². The van der Waals surface area contributed by atoms with Gasteiger partial charge in [-0.25, -0.2) is 4.98 Å². The minimum atomic E-state index is 0.665. The lowest BCUT2D eigenvalue weighted by Crippen LogP contribution is -2.13. The molecule has 0 amide bonds. The molecule has 0 radical (unpaired) electrons. The van der Waals surface area contributed by atoms with Crippen molar-refractivity contribution in [2.75, 3.05) is 11.9 Å². The number of nitrogens with zero attached hydrogens (tertiary/aromatic N) is 2. The minimum Gasteiger partial charge on any atom is -0.356 e. The van der Waals surface area contributed by atoms with Crippen molar-refractivity contribution in [2.45, 2.75) is 71.3 Å². The van der Waals surface area contributed by atoms with E-state index in [0.717, 1.165) is 18.2 Å². The average Bonchev–Trinajstić information content (AvgIpc) is 2.58. The Morgan fingerprint density at radius 1 is 1.28 bits per heavy atom. The second-order valence-corrected chi connectivity index (χ2v) is 5.54. The van der Waals surface area contributed by atoms with Gasteiger partial charge in [-0.3, -0.25) is 0 Å². The first-order valence-corrected chi connectivity index (χ1v) is 7.60. The maximum Gasteiger partial charge on any atom is 0.203 e.